The minimum atomic E-state index is -4.06. The van der Waals surface area contributed by atoms with Crippen molar-refractivity contribution in [2.45, 2.75) is 38.5 Å². The Labute approximate surface area is 124 Å². The molecule has 1 aromatic rings. The molecule has 112 valence electrons. The van der Waals surface area contributed by atoms with Gasteiger partial charge < -0.3 is 4.18 Å². The number of carbonyl (C=O) groups excluding carboxylic acids is 1. The maximum absolute atomic E-state index is 12.5. The first-order valence-corrected chi connectivity index (χ1v) is 8.47. The monoisotopic (exact) mass is 307 g/mol. The Bertz CT molecular complexity index is 749. The molecule has 1 atom stereocenters. The standard InChI is InChI=1S/C15H17NO4S/c1-9-14-8-10(20-21(16,18)19)6-7-12(14)11-4-2-3-5-13(11)15(9)17/h6-9H,2-5H2,1H3,(H2,16,18,19). The number of fused-ring (bicyclic) bond motifs is 2. The van der Waals surface area contributed by atoms with E-state index in [9.17, 15) is 13.2 Å². The summed E-state index contributed by atoms with van der Waals surface area (Å²) < 4.78 is 26.8. The molecular formula is C15H17NO4S. The largest absolute Gasteiger partial charge is 0.380 e. The lowest BCUT2D eigenvalue weighted by Gasteiger charge is -2.30. The molecule has 21 heavy (non-hydrogen) atoms. The average molecular weight is 307 g/mol. The summed E-state index contributed by atoms with van der Waals surface area (Å²) in [6, 6.07) is 5.03. The molecule has 1 unspecified atom stereocenters. The van der Waals surface area contributed by atoms with Gasteiger partial charge in [0.15, 0.2) is 5.78 Å². The molecule has 0 fully saturated rings. The molecule has 0 aliphatic heterocycles. The number of hydrogen-bond donors (Lipinski definition) is 1. The normalized spacial score (nSPS) is 21.8. The summed E-state index contributed by atoms with van der Waals surface area (Å²) in [6.45, 7) is 1.85. The van der Waals surface area contributed by atoms with Crippen LogP contribution in [0.4, 0.5) is 0 Å². The average Bonchev–Trinajstić information content (AvgIpc) is 2.43. The topological polar surface area (TPSA) is 86.5 Å². The van der Waals surface area contributed by atoms with Crippen LogP contribution >= 0.6 is 0 Å². The molecule has 3 rings (SSSR count). The van der Waals surface area contributed by atoms with Gasteiger partial charge in [-0.25, -0.2) is 0 Å². The van der Waals surface area contributed by atoms with Crippen LogP contribution < -0.4 is 9.32 Å². The van der Waals surface area contributed by atoms with E-state index in [1.54, 1.807) is 12.1 Å². The van der Waals surface area contributed by atoms with E-state index in [4.69, 9.17) is 9.32 Å². The van der Waals surface area contributed by atoms with Gasteiger partial charge in [0.05, 0.1) is 0 Å². The van der Waals surface area contributed by atoms with Crippen molar-refractivity contribution in [2.75, 3.05) is 0 Å². The first-order chi connectivity index (χ1) is 9.87. The van der Waals surface area contributed by atoms with E-state index >= 15 is 0 Å². The van der Waals surface area contributed by atoms with Crippen molar-refractivity contribution in [1.82, 2.24) is 0 Å². The number of hydrogen-bond acceptors (Lipinski definition) is 4. The van der Waals surface area contributed by atoms with Gasteiger partial charge in [-0.3, -0.25) is 4.79 Å². The predicted octanol–water partition coefficient (Wildman–Crippen LogP) is 2.28. The van der Waals surface area contributed by atoms with Crippen LogP contribution in [0.5, 0.6) is 5.75 Å². The van der Waals surface area contributed by atoms with Crippen molar-refractivity contribution < 1.29 is 17.4 Å². The lowest BCUT2D eigenvalue weighted by molar-refractivity contribution is -0.116. The van der Waals surface area contributed by atoms with Crippen LogP contribution in [0.1, 0.15) is 49.7 Å². The first-order valence-electron chi connectivity index (χ1n) is 6.99. The molecule has 0 heterocycles. The van der Waals surface area contributed by atoms with Crippen LogP contribution in [0, 0.1) is 0 Å². The molecule has 2 N–H and O–H groups in total. The molecule has 0 radical (unpaired) electrons. The van der Waals surface area contributed by atoms with Crippen LogP contribution in [0.2, 0.25) is 0 Å². The number of Topliss-reactive ketones (excluding diaryl/α,β-unsaturated/α-hetero) is 1. The SMILES string of the molecule is CC1C(=O)C2=C(CCCC2)c2ccc(OS(N)(=O)=O)cc21. The third-order valence-corrected chi connectivity index (χ3v) is 4.61. The Kier molecular flexibility index (Phi) is 3.37. The van der Waals surface area contributed by atoms with Crippen molar-refractivity contribution in [3.63, 3.8) is 0 Å². The molecular weight excluding hydrogens is 290 g/mol. The van der Waals surface area contributed by atoms with E-state index in [-0.39, 0.29) is 17.5 Å². The van der Waals surface area contributed by atoms with Gasteiger partial charge in [-0.1, -0.05) is 13.0 Å². The van der Waals surface area contributed by atoms with E-state index in [2.05, 4.69) is 0 Å². The minimum Gasteiger partial charge on any atom is -0.371 e. The molecule has 0 saturated heterocycles. The van der Waals surface area contributed by atoms with Crippen molar-refractivity contribution >= 4 is 21.7 Å². The fraction of sp³-hybridized carbons (Fsp3) is 0.400. The smallest absolute Gasteiger partial charge is 0.371 e. The van der Waals surface area contributed by atoms with Gasteiger partial charge in [0.2, 0.25) is 0 Å². The number of benzene rings is 1. The van der Waals surface area contributed by atoms with Gasteiger partial charge in [-0.05, 0) is 60.1 Å². The summed E-state index contributed by atoms with van der Waals surface area (Å²) in [6.07, 6.45) is 3.87. The van der Waals surface area contributed by atoms with Crippen molar-refractivity contribution in [3.05, 3.63) is 34.9 Å². The second kappa shape index (κ2) is 4.96. The molecule has 0 bridgehead atoms. The Morgan fingerprint density at radius 2 is 1.86 bits per heavy atom. The molecule has 5 nitrogen and oxygen atoms in total. The maximum Gasteiger partial charge on any atom is 0.380 e. The van der Waals surface area contributed by atoms with Crippen molar-refractivity contribution in [1.29, 1.82) is 0 Å². The van der Waals surface area contributed by atoms with E-state index in [0.29, 0.717) is 0 Å². The highest BCUT2D eigenvalue weighted by molar-refractivity contribution is 7.84. The molecule has 2 aliphatic carbocycles. The number of rotatable bonds is 2. The van der Waals surface area contributed by atoms with Gasteiger partial charge in [0.25, 0.3) is 0 Å². The zero-order valence-corrected chi connectivity index (χ0v) is 12.6. The van der Waals surface area contributed by atoms with Crippen LogP contribution in [0.3, 0.4) is 0 Å². The third-order valence-electron chi connectivity index (χ3n) is 4.19. The van der Waals surface area contributed by atoms with Crippen LogP contribution in [0.25, 0.3) is 5.57 Å². The molecule has 0 spiro atoms. The summed E-state index contributed by atoms with van der Waals surface area (Å²) in [5.74, 6) is 0.0154. The maximum atomic E-state index is 12.5. The molecule has 0 aromatic heterocycles. The quantitative estimate of drug-likeness (QED) is 0.908. The zero-order valence-electron chi connectivity index (χ0n) is 11.8. The van der Waals surface area contributed by atoms with E-state index in [0.717, 1.165) is 48.0 Å². The Morgan fingerprint density at radius 3 is 2.52 bits per heavy atom. The van der Waals surface area contributed by atoms with E-state index < -0.39 is 10.3 Å². The molecule has 0 amide bonds. The highest BCUT2D eigenvalue weighted by Gasteiger charge is 2.32. The Balaban J connectivity index is 2.10. The van der Waals surface area contributed by atoms with E-state index in [1.807, 2.05) is 13.0 Å². The van der Waals surface area contributed by atoms with Crippen LogP contribution in [-0.4, -0.2) is 14.2 Å². The molecule has 6 heteroatoms. The molecule has 0 saturated carbocycles. The predicted molar refractivity (Wildman–Crippen MR) is 79.0 cm³/mol. The van der Waals surface area contributed by atoms with Crippen molar-refractivity contribution in [2.24, 2.45) is 5.14 Å². The summed E-state index contributed by atoms with van der Waals surface area (Å²) in [5.41, 5.74) is 3.92. The van der Waals surface area contributed by atoms with Gasteiger partial charge in [-0.2, -0.15) is 13.6 Å². The number of nitrogens with two attached hydrogens (primary N) is 1. The summed E-state index contributed by atoms with van der Waals surface area (Å²) in [4.78, 5) is 12.5. The van der Waals surface area contributed by atoms with E-state index in [1.165, 1.54) is 0 Å². The van der Waals surface area contributed by atoms with Gasteiger partial charge in [0, 0.05) is 5.92 Å². The zero-order chi connectivity index (χ0) is 15.2. The van der Waals surface area contributed by atoms with Gasteiger partial charge >= 0.3 is 10.3 Å². The fourth-order valence-electron chi connectivity index (χ4n) is 3.24. The van der Waals surface area contributed by atoms with Gasteiger partial charge in [0.1, 0.15) is 5.75 Å². The lowest BCUT2D eigenvalue weighted by atomic mass is 9.73. The van der Waals surface area contributed by atoms with Gasteiger partial charge in [-0.15, -0.1) is 0 Å². The van der Waals surface area contributed by atoms with Crippen LogP contribution in [-0.2, 0) is 15.1 Å². The second-order valence-electron chi connectivity index (χ2n) is 5.58. The third kappa shape index (κ3) is 2.61. The summed E-state index contributed by atoms with van der Waals surface area (Å²) in [5, 5.41) is 4.89. The molecule has 2 aliphatic rings. The van der Waals surface area contributed by atoms with Crippen molar-refractivity contribution in [3.8, 4) is 5.75 Å². The minimum absolute atomic E-state index is 0.143. The highest BCUT2D eigenvalue weighted by atomic mass is 32.2. The first kappa shape index (κ1) is 14.3. The highest BCUT2D eigenvalue weighted by Crippen LogP contribution is 2.43. The second-order valence-corrected chi connectivity index (χ2v) is 6.73. The Morgan fingerprint density at radius 1 is 1.19 bits per heavy atom. The van der Waals surface area contributed by atoms with Crippen LogP contribution in [0.15, 0.2) is 23.8 Å². The summed E-state index contributed by atoms with van der Waals surface area (Å²) >= 11 is 0. The summed E-state index contributed by atoms with van der Waals surface area (Å²) in [7, 11) is -4.06. The number of carbonyl (C=O) groups is 1. The lowest BCUT2D eigenvalue weighted by Crippen LogP contribution is -2.23. The fourth-order valence-corrected chi connectivity index (χ4v) is 3.61. The number of ketones is 1. The molecule has 1 aromatic carbocycles. The Hall–Kier alpha value is -1.66. The number of allylic oxidation sites excluding steroid dienone is 2.